The number of phosphoric acid groups is 1. The molecule has 0 bridgehead atoms. The van der Waals surface area contributed by atoms with Gasteiger partial charge in [0.1, 0.15) is 24.4 Å². The lowest BCUT2D eigenvalue weighted by Gasteiger charge is -2.44. The van der Waals surface area contributed by atoms with Crippen LogP contribution in [0.4, 0.5) is 4.39 Å². The average molecular weight is 940 g/mol. The highest BCUT2D eigenvalue weighted by Crippen LogP contribution is 2.42. The van der Waals surface area contributed by atoms with Gasteiger partial charge in [-0.15, -0.1) is 0 Å². The number of esters is 2. The van der Waals surface area contributed by atoms with E-state index in [1.54, 1.807) is 0 Å². The Kier molecular flexibility index (Phi) is 36.1. The second kappa shape index (κ2) is 38.3. The van der Waals surface area contributed by atoms with Gasteiger partial charge >= 0.3 is 19.8 Å². The molecule has 0 saturated carbocycles. The van der Waals surface area contributed by atoms with Crippen LogP contribution in [0.15, 0.2) is 0 Å². The SMILES string of the molecule is CCCCCCCCCCCCCC(=O)O[C@H](CCCCCCCCCCC)CC(=O)O[C@H]1[C@H](OP(=O)(O)O)[C@@H](CO)OC(O)[C@@H]1NC(=O)[C@@H](F)[C@H](O)CCCCCCCCCCC. The number of ether oxygens (including phenoxy) is 3. The van der Waals surface area contributed by atoms with Crippen LogP contribution in [0.25, 0.3) is 0 Å². The number of nitrogens with one attached hydrogen (secondary N) is 1. The molecule has 1 aliphatic heterocycles. The van der Waals surface area contributed by atoms with Gasteiger partial charge < -0.3 is 44.6 Å². The largest absolute Gasteiger partial charge is 0.470 e. The smallest absolute Gasteiger partial charge is 0.462 e. The molecule has 0 aliphatic carbocycles. The van der Waals surface area contributed by atoms with Gasteiger partial charge in [-0.3, -0.25) is 18.9 Å². The Morgan fingerprint density at radius 1 is 0.641 bits per heavy atom. The molecule has 8 atom stereocenters. The number of carbonyl (C=O) groups is 3. The minimum absolute atomic E-state index is 0.0125. The number of hydrogen-bond donors (Lipinski definition) is 6. The first kappa shape index (κ1) is 60.3. The number of aliphatic hydroxyl groups excluding tert-OH is 3. The maximum atomic E-state index is 15.4. The monoisotopic (exact) mass is 940 g/mol. The van der Waals surface area contributed by atoms with Crippen LogP contribution in [-0.2, 0) is 37.7 Å². The van der Waals surface area contributed by atoms with Crippen LogP contribution in [0.3, 0.4) is 0 Å². The van der Waals surface area contributed by atoms with E-state index in [1.165, 1.54) is 83.5 Å². The predicted octanol–water partition coefficient (Wildman–Crippen LogP) is 10.1. The zero-order valence-electron chi connectivity index (χ0n) is 40.0. The van der Waals surface area contributed by atoms with Gasteiger partial charge in [-0.25, -0.2) is 8.96 Å². The van der Waals surface area contributed by atoms with Crippen LogP contribution in [0.1, 0.15) is 233 Å². The third-order valence-electron chi connectivity index (χ3n) is 12.2. The van der Waals surface area contributed by atoms with E-state index in [-0.39, 0.29) is 12.8 Å². The zero-order valence-corrected chi connectivity index (χ0v) is 40.9. The molecule has 1 amide bonds. The maximum absolute atomic E-state index is 15.4. The van der Waals surface area contributed by atoms with E-state index in [4.69, 9.17) is 18.7 Å². The van der Waals surface area contributed by atoms with E-state index in [1.807, 2.05) is 0 Å². The molecule has 1 rings (SSSR count). The summed E-state index contributed by atoms with van der Waals surface area (Å²) in [7, 11) is -5.38. The van der Waals surface area contributed by atoms with E-state index in [0.717, 1.165) is 83.5 Å². The van der Waals surface area contributed by atoms with Crippen LogP contribution in [0.2, 0.25) is 0 Å². The molecule has 378 valence electrons. The highest BCUT2D eigenvalue weighted by molar-refractivity contribution is 7.46. The van der Waals surface area contributed by atoms with E-state index in [0.29, 0.717) is 25.7 Å². The van der Waals surface area contributed by atoms with Crippen molar-refractivity contribution in [2.24, 2.45) is 0 Å². The molecule has 1 heterocycles. The number of alkyl halides is 1. The summed E-state index contributed by atoms with van der Waals surface area (Å²) < 4.78 is 49.2. The summed E-state index contributed by atoms with van der Waals surface area (Å²) in [6, 6.07) is -1.84. The Bertz CT molecular complexity index is 1230. The molecule has 16 heteroatoms. The third kappa shape index (κ3) is 29.8. The Labute approximate surface area is 385 Å². The van der Waals surface area contributed by atoms with Crippen molar-refractivity contribution in [2.75, 3.05) is 6.61 Å². The minimum Gasteiger partial charge on any atom is -0.462 e. The van der Waals surface area contributed by atoms with Gasteiger partial charge in [0.05, 0.1) is 19.1 Å². The highest BCUT2D eigenvalue weighted by atomic mass is 31.2. The summed E-state index contributed by atoms with van der Waals surface area (Å²) in [6.45, 7) is 5.59. The van der Waals surface area contributed by atoms with Gasteiger partial charge in [0, 0.05) is 6.42 Å². The van der Waals surface area contributed by atoms with Crippen molar-refractivity contribution in [1.29, 1.82) is 0 Å². The highest BCUT2D eigenvalue weighted by Gasteiger charge is 2.52. The Balaban J connectivity index is 3.00. The molecular formula is C48H91FNO13P. The van der Waals surface area contributed by atoms with Gasteiger partial charge in [-0.1, -0.05) is 194 Å². The molecule has 64 heavy (non-hydrogen) atoms. The number of amides is 1. The van der Waals surface area contributed by atoms with Gasteiger partial charge in [0.15, 0.2) is 12.4 Å². The lowest BCUT2D eigenvalue weighted by molar-refractivity contribution is -0.256. The molecule has 6 N–H and O–H groups in total. The summed E-state index contributed by atoms with van der Waals surface area (Å²) in [4.78, 5) is 59.4. The van der Waals surface area contributed by atoms with Crippen LogP contribution in [-0.4, -0.2) is 98.6 Å². The second-order valence-corrected chi connectivity index (χ2v) is 19.3. The molecule has 0 aromatic heterocycles. The van der Waals surface area contributed by atoms with Gasteiger partial charge in [0.2, 0.25) is 6.17 Å². The van der Waals surface area contributed by atoms with Crippen molar-refractivity contribution in [3.8, 4) is 0 Å². The van der Waals surface area contributed by atoms with Crippen molar-refractivity contribution in [3.63, 3.8) is 0 Å². The number of halogens is 1. The number of phosphoric ester groups is 1. The molecule has 14 nitrogen and oxygen atoms in total. The normalized spacial score (nSPS) is 20.4. The fraction of sp³-hybridized carbons (Fsp3) is 0.938. The third-order valence-corrected chi connectivity index (χ3v) is 12.7. The average Bonchev–Trinajstić information content (AvgIpc) is 3.25. The Morgan fingerprint density at radius 2 is 1.06 bits per heavy atom. The first-order chi connectivity index (χ1) is 30.8. The molecule has 0 radical (unpaired) electrons. The van der Waals surface area contributed by atoms with E-state index >= 15 is 4.39 Å². The number of hydrogen-bond acceptors (Lipinski definition) is 11. The topological polar surface area (TPSA) is 218 Å². The maximum Gasteiger partial charge on any atom is 0.470 e. The lowest BCUT2D eigenvalue weighted by atomic mass is 9.96. The molecule has 1 unspecified atom stereocenters. The Morgan fingerprint density at radius 3 is 1.50 bits per heavy atom. The van der Waals surface area contributed by atoms with Crippen molar-refractivity contribution in [3.05, 3.63) is 0 Å². The number of aliphatic hydroxyl groups is 3. The van der Waals surface area contributed by atoms with Crippen molar-refractivity contribution < 1.29 is 67.2 Å². The van der Waals surface area contributed by atoms with Crippen LogP contribution < -0.4 is 5.32 Å². The summed E-state index contributed by atoms with van der Waals surface area (Å²) in [5.41, 5.74) is 0. The molecule has 0 aromatic rings. The molecular weight excluding hydrogens is 848 g/mol. The van der Waals surface area contributed by atoms with Gasteiger partial charge in [-0.2, -0.15) is 0 Å². The van der Waals surface area contributed by atoms with E-state index < -0.39 is 87.7 Å². The molecule has 1 aliphatic rings. The minimum atomic E-state index is -5.38. The van der Waals surface area contributed by atoms with E-state index in [9.17, 15) is 44.1 Å². The van der Waals surface area contributed by atoms with Crippen LogP contribution in [0.5, 0.6) is 0 Å². The molecule has 0 spiro atoms. The van der Waals surface area contributed by atoms with Crippen molar-refractivity contribution >= 4 is 25.7 Å². The number of rotatable bonds is 42. The first-order valence-corrected chi connectivity index (χ1v) is 27.0. The quantitative estimate of drug-likeness (QED) is 0.0191. The lowest BCUT2D eigenvalue weighted by Crippen LogP contribution is -2.66. The molecule has 0 aromatic carbocycles. The summed E-state index contributed by atoms with van der Waals surface area (Å²) in [6.07, 6.45) is 18.2. The number of unbranched alkanes of at least 4 members (excludes halogenated alkanes) is 26. The van der Waals surface area contributed by atoms with E-state index in [2.05, 4.69) is 26.1 Å². The predicted molar refractivity (Wildman–Crippen MR) is 247 cm³/mol. The standard InChI is InChI=1S/C48H91FNO13P/c1-4-7-10-13-16-19-20-23-26-29-32-35-41(53)60-38(33-30-27-24-21-17-14-11-8-5-2)36-42(54)62-46-44(48(56)61-40(37-51)45(46)63-64(57,58)59)50-47(55)43(49)39(52)34-31-28-25-22-18-15-12-9-6-3/h38-40,43-46,48,51-52,56H,4-37H2,1-3H3,(H,50,55)(H2,57,58,59)/t38-,39-,40-,43+,44-,45-,46-,48?/m1/s1. The van der Waals surface area contributed by atoms with Crippen molar-refractivity contribution in [1.82, 2.24) is 5.32 Å². The van der Waals surface area contributed by atoms with Crippen LogP contribution >= 0.6 is 7.82 Å². The van der Waals surface area contributed by atoms with Crippen LogP contribution in [0, 0.1) is 0 Å². The van der Waals surface area contributed by atoms with Crippen molar-refractivity contribution in [2.45, 2.75) is 282 Å². The zero-order chi connectivity index (χ0) is 47.4. The summed E-state index contributed by atoms with van der Waals surface area (Å²) >= 11 is 0. The van der Waals surface area contributed by atoms with Gasteiger partial charge in [-0.05, 0) is 25.7 Å². The summed E-state index contributed by atoms with van der Waals surface area (Å²) in [5, 5.41) is 33.7. The number of carbonyl (C=O) groups excluding carboxylic acids is 3. The fourth-order valence-corrected chi connectivity index (χ4v) is 8.90. The molecule has 1 saturated heterocycles. The Hall–Kier alpha value is -1.71. The summed E-state index contributed by atoms with van der Waals surface area (Å²) in [5.74, 6) is -2.86. The molecule has 1 fully saturated rings. The fourth-order valence-electron chi connectivity index (χ4n) is 8.33. The second-order valence-electron chi connectivity index (χ2n) is 18.1. The van der Waals surface area contributed by atoms with Gasteiger partial charge in [0.25, 0.3) is 5.91 Å². The first-order valence-electron chi connectivity index (χ1n) is 25.5.